The van der Waals surface area contributed by atoms with Crippen molar-refractivity contribution in [3.63, 3.8) is 0 Å². The largest absolute Gasteiger partial charge is 0.337 e. The number of nitrogens with one attached hydrogen (secondary N) is 1. The summed E-state index contributed by atoms with van der Waals surface area (Å²) >= 11 is 1.77. The van der Waals surface area contributed by atoms with E-state index in [0.717, 1.165) is 32.7 Å². The lowest BCUT2D eigenvalue weighted by molar-refractivity contribution is 0.135. The molecule has 1 aliphatic heterocycles. The Kier molecular flexibility index (Phi) is 5.94. The molecule has 2 heterocycles. The summed E-state index contributed by atoms with van der Waals surface area (Å²) in [5, 5.41) is 5.08. The predicted octanol–water partition coefficient (Wildman–Crippen LogP) is 3.69. The highest BCUT2D eigenvalue weighted by molar-refractivity contribution is 7.09. The van der Waals surface area contributed by atoms with Crippen LogP contribution in [0.1, 0.15) is 24.3 Å². The van der Waals surface area contributed by atoms with E-state index in [1.807, 2.05) is 24.8 Å². The summed E-state index contributed by atoms with van der Waals surface area (Å²) in [5.74, 6) is -0.228. The Balaban J connectivity index is 1.48. The van der Waals surface area contributed by atoms with Gasteiger partial charge in [-0.2, -0.15) is 0 Å². The van der Waals surface area contributed by atoms with Crippen molar-refractivity contribution in [1.82, 2.24) is 15.1 Å². The Morgan fingerprint density at radius 3 is 2.54 bits per heavy atom. The number of thiophene rings is 1. The van der Waals surface area contributed by atoms with Gasteiger partial charge in [-0.3, -0.25) is 4.90 Å². The van der Waals surface area contributed by atoms with Crippen molar-refractivity contribution in [2.75, 3.05) is 32.7 Å². The molecule has 0 bridgehead atoms. The van der Waals surface area contributed by atoms with E-state index in [-0.39, 0.29) is 11.8 Å². The minimum absolute atomic E-state index is 0.0646. The molecule has 2 amide bonds. The highest BCUT2D eigenvalue weighted by Crippen LogP contribution is 2.25. The summed E-state index contributed by atoms with van der Waals surface area (Å²) in [6, 6.07) is 10.9. The molecule has 140 valence electrons. The molecule has 1 aromatic carbocycles. The lowest BCUT2D eigenvalue weighted by atomic mass is 9.84. The zero-order valence-electron chi connectivity index (χ0n) is 15.4. The maximum atomic E-state index is 14.0. The van der Waals surface area contributed by atoms with Gasteiger partial charge in [0, 0.05) is 49.6 Å². The number of nitrogens with zero attached hydrogens (tertiary/aromatic N) is 2. The minimum Gasteiger partial charge on any atom is -0.337 e. The molecule has 1 saturated heterocycles. The molecule has 1 fully saturated rings. The Labute approximate surface area is 158 Å². The molecular formula is C20H26FN3OS. The Hall–Kier alpha value is -1.92. The van der Waals surface area contributed by atoms with E-state index < -0.39 is 5.41 Å². The van der Waals surface area contributed by atoms with Crippen LogP contribution in [0.15, 0.2) is 41.8 Å². The van der Waals surface area contributed by atoms with Crippen LogP contribution in [-0.4, -0.2) is 48.6 Å². The van der Waals surface area contributed by atoms with E-state index in [9.17, 15) is 9.18 Å². The molecule has 1 aliphatic rings. The summed E-state index contributed by atoms with van der Waals surface area (Å²) in [4.78, 5) is 18.1. The van der Waals surface area contributed by atoms with Gasteiger partial charge in [0.05, 0.1) is 0 Å². The molecule has 0 atom stereocenters. The lowest BCUT2D eigenvalue weighted by Gasteiger charge is -2.35. The Morgan fingerprint density at radius 2 is 1.88 bits per heavy atom. The molecule has 0 aliphatic carbocycles. The minimum atomic E-state index is -0.456. The fraction of sp³-hybridized carbons (Fsp3) is 0.450. The van der Waals surface area contributed by atoms with E-state index in [0.29, 0.717) is 12.1 Å². The highest BCUT2D eigenvalue weighted by atomic mass is 32.1. The zero-order chi connectivity index (χ0) is 18.6. The van der Waals surface area contributed by atoms with Crippen molar-refractivity contribution in [1.29, 1.82) is 0 Å². The summed E-state index contributed by atoms with van der Waals surface area (Å²) in [6.07, 6.45) is 0. The van der Waals surface area contributed by atoms with Gasteiger partial charge < -0.3 is 10.2 Å². The number of halogens is 1. The number of rotatable bonds is 5. The third kappa shape index (κ3) is 4.62. The van der Waals surface area contributed by atoms with Crippen LogP contribution in [0.25, 0.3) is 0 Å². The highest BCUT2D eigenvalue weighted by Gasteiger charge is 2.27. The quantitative estimate of drug-likeness (QED) is 0.865. The van der Waals surface area contributed by atoms with Gasteiger partial charge in [0.2, 0.25) is 0 Å². The zero-order valence-corrected chi connectivity index (χ0v) is 16.2. The lowest BCUT2D eigenvalue weighted by Crippen LogP contribution is -2.52. The first kappa shape index (κ1) is 18.9. The number of amides is 2. The molecule has 0 saturated carbocycles. The number of hydrogen-bond donors (Lipinski definition) is 1. The Bertz CT molecular complexity index is 724. The van der Waals surface area contributed by atoms with Gasteiger partial charge in [0.25, 0.3) is 0 Å². The van der Waals surface area contributed by atoms with Crippen molar-refractivity contribution >= 4 is 17.4 Å². The molecule has 3 rings (SSSR count). The number of carbonyl (C=O) groups is 1. The molecular weight excluding hydrogens is 349 g/mol. The molecule has 0 spiro atoms. The standard InChI is InChI=1S/C20H26FN3OS/c1-20(2,17-7-3-4-8-18(17)21)15-22-19(25)24-11-9-23(10-12-24)14-16-6-5-13-26-16/h3-8,13H,9-12,14-15H2,1-2H3,(H,22,25). The van der Waals surface area contributed by atoms with E-state index in [1.54, 1.807) is 23.5 Å². The van der Waals surface area contributed by atoms with E-state index >= 15 is 0 Å². The molecule has 1 aromatic heterocycles. The fourth-order valence-corrected chi connectivity index (χ4v) is 3.99. The number of hydrogen-bond acceptors (Lipinski definition) is 3. The number of piperazine rings is 1. The first-order chi connectivity index (χ1) is 12.5. The van der Waals surface area contributed by atoms with Crippen molar-refractivity contribution < 1.29 is 9.18 Å². The van der Waals surface area contributed by atoms with Crippen LogP contribution in [0, 0.1) is 5.82 Å². The topological polar surface area (TPSA) is 35.6 Å². The van der Waals surface area contributed by atoms with Crippen LogP contribution in [0.3, 0.4) is 0 Å². The van der Waals surface area contributed by atoms with E-state index in [2.05, 4.69) is 27.7 Å². The van der Waals surface area contributed by atoms with Crippen LogP contribution in [0.4, 0.5) is 9.18 Å². The van der Waals surface area contributed by atoms with Crippen LogP contribution in [-0.2, 0) is 12.0 Å². The van der Waals surface area contributed by atoms with Crippen LogP contribution in [0.5, 0.6) is 0 Å². The molecule has 1 N–H and O–H groups in total. The van der Waals surface area contributed by atoms with E-state index in [4.69, 9.17) is 0 Å². The van der Waals surface area contributed by atoms with Crippen LogP contribution < -0.4 is 5.32 Å². The second-order valence-corrected chi connectivity index (χ2v) is 8.40. The van der Waals surface area contributed by atoms with Gasteiger partial charge in [-0.15, -0.1) is 11.3 Å². The summed E-state index contributed by atoms with van der Waals surface area (Å²) in [5.41, 5.74) is 0.170. The average Bonchev–Trinajstić information content (AvgIpc) is 3.14. The SMILES string of the molecule is CC(C)(CNC(=O)N1CCN(Cc2cccs2)CC1)c1ccccc1F. The second-order valence-electron chi connectivity index (χ2n) is 7.36. The van der Waals surface area contributed by atoms with Crippen molar-refractivity contribution in [2.24, 2.45) is 0 Å². The molecule has 0 radical (unpaired) electrons. The Morgan fingerprint density at radius 1 is 1.15 bits per heavy atom. The monoisotopic (exact) mass is 375 g/mol. The van der Waals surface area contributed by atoms with Crippen LogP contribution >= 0.6 is 11.3 Å². The van der Waals surface area contributed by atoms with Gasteiger partial charge in [0.15, 0.2) is 0 Å². The van der Waals surface area contributed by atoms with Crippen LogP contribution in [0.2, 0.25) is 0 Å². The molecule has 2 aromatic rings. The first-order valence-electron chi connectivity index (χ1n) is 8.98. The number of benzene rings is 1. The van der Waals surface area contributed by atoms with Gasteiger partial charge in [-0.1, -0.05) is 38.1 Å². The number of carbonyl (C=O) groups excluding carboxylic acids is 1. The third-order valence-electron chi connectivity index (χ3n) is 4.90. The first-order valence-corrected chi connectivity index (χ1v) is 9.86. The predicted molar refractivity (Wildman–Crippen MR) is 104 cm³/mol. The van der Waals surface area contributed by atoms with E-state index in [1.165, 1.54) is 10.9 Å². The van der Waals surface area contributed by atoms with Crippen molar-refractivity contribution in [2.45, 2.75) is 25.8 Å². The number of urea groups is 1. The van der Waals surface area contributed by atoms with Gasteiger partial charge in [-0.05, 0) is 23.1 Å². The normalized spacial score (nSPS) is 15.9. The second kappa shape index (κ2) is 8.18. The van der Waals surface area contributed by atoms with Gasteiger partial charge in [0.1, 0.15) is 5.82 Å². The smallest absolute Gasteiger partial charge is 0.317 e. The van der Waals surface area contributed by atoms with Gasteiger partial charge >= 0.3 is 6.03 Å². The molecule has 26 heavy (non-hydrogen) atoms. The summed E-state index contributed by atoms with van der Waals surface area (Å²) in [6.45, 7) is 8.45. The summed E-state index contributed by atoms with van der Waals surface area (Å²) < 4.78 is 14.0. The van der Waals surface area contributed by atoms with Crippen molar-refractivity contribution in [3.8, 4) is 0 Å². The maximum absolute atomic E-state index is 14.0. The maximum Gasteiger partial charge on any atom is 0.317 e. The molecule has 6 heteroatoms. The molecule has 0 unspecified atom stereocenters. The average molecular weight is 376 g/mol. The molecule has 4 nitrogen and oxygen atoms in total. The van der Waals surface area contributed by atoms with Crippen molar-refractivity contribution in [3.05, 3.63) is 58.0 Å². The summed E-state index contributed by atoms with van der Waals surface area (Å²) in [7, 11) is 0. The fourth-order valence-electron chi connectivity index (χ4n) is 3.25. The third-order valence-corrected chi connectivity index (χ3v) is 5.76. The van der Waals surface area contributed by atoms with Gasteiger partial charge in [-0.25, -0.2) is 9.18 Å².